The van der Waals surface area contributed by atoms with Crippen molar-refractivity contribution < 1.29 is 19.0 Å². The first-order valence-corrected chi connectivity index (χ1v) is 7.87. The number of benzene rings is 1. The van der Waals surface area contributed by atoms with Gasteiger partial charge in [-0.1, -0.05) is 26.0 Å². The minimum atomic E-state index is 0.150. The molecule has 0 N–H and O–H groups in total. The van der Waals surface area contributed by atoms with E-state index in [4.69, 9.17) is 14.2 Å². The first-order chi connectivity index (χ1) is 10.7. The molecule has 0 aliphatic carbocycles. The van der Waals surface area contributed by atoms with Gasteiger partial charge in [0.2, 0.25) is 0 Å². The van der Waals surface area contributed by atoms with Gasteiger partial charge >= 0.3 is 0 Å². The molecule has 1 aromatic rings. The average Bonchev–Trinajstić information content (AvgIpc) is 2.57. The standard InChI is InChI=1S/C17H25NO4/c1-3-16(19)12-20-8-7-18(4-2)10-14-5-6-15-11-21-13-22-17(15)9-14/h5-6,9H,3-4,7-8,10-13H2,1-2H3. The molecule has 1 aliphatic rings. The maximum Gasteiger partial charge on any atom is 0.189 e. The van der Waals surface area contributed by atoms with E-state index in [1.54, 1.807) is 0 Å². The zero-order valence-corrected chi connectivity index (χ0v) is 13.5. The Kier molecular flexibility index (Phi) is 6.83. The number of carbonyl (C=O) groups excluding carboxylic acids is 1. The number of ether oxygens (including phenoxy) is 3. The largest absolute Gasteiger partial charge is 0.467 e. The fraction of sp³-hybridized carbons (Fsp3) is 0.588. The number of fused-ring (bicyclic) bond motifs is 1. The fourth-order valence-electron chi connectivity index (χ4n) is 2.30. The van der Waals surface area contributed by atoms with Gasteiger partial charge in [0.1, 0.15) is 12.4 Å². The molecule has 0 spiro atoms. The Morgan fingerprint density at radius 3 is 3.00 bits per heavy atom. The SMILES string of the molecule is CCC(=O)COCCN(CC)Cc1ccc2c(c1)OCOC2. The van der Waals surface area contributed by atoms with E-state index in [0.717, 1.165) is 30.9 Å². The second-order valence-corrected chi connectivity index (χ2v) is 5.37. The summed E-state index contributed by atoms with van der Waals surface area (Å²) in [6.45, 7) is 8.32. The van der Waals surface area contributed by atoms with Crippen LogP contribution in [0.3, 0.4) is 0 Å². The second kappa shape index (κ2) is 8.88. The lowest BCUT2D eigenvalue weighted by molar-refractivity contribution is -0.123. The first-order valence-electron chi connectivity index (χ1n) is 7.87. The van der Waals surface area contributed by atoms with Gasteiger partial charge in [-0.2, -0.15) is 0 Å². The van der Waals surface area contributed by atoms with E-state index in [1.807, 2.05) is 6.92 Å². The average molecular weight is 307 g/mol. The lowest BCUT2D eigenvalue weighted by Crippen LogP contribution is -2.27. The topological polar surface area (TPSA) is 48.0 Å². The molecular formula is C17H25NO4. The molecule has 0 aromatic heterocycles. The Morgan fingerprint density at radius 1 is 1.36 bits per heavy atom. The zero-order valence-electron chi connectivity index (χ0n) is 13.5. The Bertz CT molecular complexity index is 490. The van der Waals surface area contributed by atoms with Crippen molar-refractivity contribution in [2.24, 2.45) is 0 Å². The van der Waals surface area contributed by atoms with Crippen LogP contribution in [-0.4, -0.2) is 43.8 Å². The smallest absolute Gasteiger partial charge is 0.189 e. The molecule has 1 aromatic carbocycles. The minimum Gasteiger partial charge on any atom is -0.467 e. The van der Waals surface area contributed by atoms with Crippen molar-refractivity contribution >= 4 is 5.78 Å². The zero-order chi connectivity index (χ0) is 15.8. The van der Waals surface area contributed by atoms with Crippen LogP contribution >= 0.6 is 0 Å². The van der Waals surface area contributed by atoms with E-state index in [9.17, 15) is 4.79 Å². The Morgan fingerprint density at radius 2 is 2.23 bits per heavy atom. The van der Waals surface area contributed by atoms with Gasteiger partial charge in [-0.05, 0) is 18.2 Å². The van der Waals surface area contributed by atoms with Crippen LogP contribution in [0, 0.1) is 0 Å². The molecule has 0 unspecified atom stereocenters. The van der Waals surface area contributed by atoms with Crippen molar-refractivity contribution in [3.63, 3.8) is 0 Å². The molecule has 0 saturated carbocycles. The maximum atomic E-state index is 11.2. The second-order valence-electron chi connectivity index (χ2n) is 5.37. The molecule has 0 amide bonds. The van der Waals surface area contributed by atoms with Crippen LogP contribution in [0.15, 0.2) is 18.2 Å². The van der Waals surface area contributed by atoms with E-state index < -0.39 is 0 Å². The number of likely N-dealkylation sites (N-methyl/N-ethyl adjacent to an activating group) is 1. The highest BCUT2D eigenvalue weighted by molar-refractivity contribution is 5.79. The Balaban J connectivity index is 1.81. The van der Waals surface area contributed by atoms with Gasteiger partial charge in [0.05, 0.1) is 13.2 Å². The van der Waals surface area contributed by atoms with Crippen LogP contribution in [0.2, 0.25) is 0 Å². The van der Waals surface area contributed by atoms with E-state index in [-0.39, 0.29) is 12.4 Å². The third kappa shape index (κ3) is 5.09. The van der Waals surface area contributed by atoms with Crippen molar-refractivity contribution in [3.05, 3.63) is 29.3 Å². The van der Waals surface area contributed by atoms with Crippen molar-refractivity contribution in [2.75, 3.05) is 33.1 Å². The molecule has 122 valence electrons. The van der Waals surface area contributed by atoms with Crippen LogP contribution in [0.25, 0.3) is 0 Å². The summed E-state index contributed by atoms with van der Waals surface area (Å²) in [6, 6.07) is 6.26. The Labute approximate surface area is 132 Å². The minimum absolute atomic E-state index is 0.150. The van der Waals surface area contributed by atoms with Gasteiger partial charge in [-0.25, -0.2) is 0 Å². The monoisotopic (exact) mass is 307 g/mol. The number of rotatable bonds is 9. The van der Waals surface area contributed by atoms with Crippen LogP contribution in [0.5, 0.6) is 5.75 Å². The van der Waals surface area contributed by atoms with Gasteiger partial charge in [0.25, 0.3) is 0 Å². The summed E-state index contributed by atoms with van der Waals surface area (Å²) in [5.41, 5.74) is 2.31. The van der Waals surface area contributed by atoms with Crippen LogP contribution < -0.4 is 4.74 Å². The number of hydrogen-bond acceptors (Lipinski definition) is 5. The first kappa shape index (κ1) is 16.9. The summed E-state index contributed by atoms with van der Waals surface area (Å²) < 4.78 is 16.2. The lowest BCUT2D eigenvalue weighted by atomic mass is 10.1. The molecule has 0 atom stereocenters. The molecule has 1 aliphatic heterocycles. The van der Waals surface area contributed by atoms with Crippen molar-refractivity contribution in [1.82, 2.24) is 4.90 Å². The predicted octanol–water partition coefficient (Wildman–Crippen LogP) is 2.37. The van der Waals surface area contributed by atoms with Gasteiger partial charge in [-0.3, -0.25) is 9.69 Å². The summed E-state index contributed by atoms with van der Waals surface area (Å²) in [4.78, 5) is 13.5. The van der Waals surface area contributed by atoms with Gasteiger partial charge in [0, 0.05) is 25.1 Å². The number of carbonyl (C=O) groups is 1. The number of hydrogen-bond donors (Lipinski definition) is 0. The number of nitrogens with zero attached hydrogens (tertiary/aromatic N) is 1. The van der Waals surface area contributed by atoms with Gasteiger partial charge in [-0.15, -0.1) is 0 Å². The van der Waals surface area contributed by atoms with E-state index in [0.29, 0.717) is 26.4 Å². The Hall–Kier alpha value is -1.43. The van der Waals surface area contributed by atoms with E-state index >= 15 is 0 Å². The highest BCUT2D eigenvalue weighted by Crippen LogP contribution is 2.25. The van der Waals surface area contributed by atoms with Crippen LogP contribution in [-0.2, 0) is 27.4 Å². The quantitative estimate of drug-likeness (QED) is 0.656. The molecule has 5 nitrogen and oxygen atoms in total. The van der Waals surface area contributed by atoms with E-state index in [2.05, 4.69) is 30.0 Å². The highest BCUT2D eigenvalue weighted by Gasteiger charge is 2.12. The summed E-state index contributed by atoms with van der Waals surface area (Å²) in [5.74, 6) is 1.07. The third-order valence-corrected chi connectivity index (χ3v) is 3.75. The molecule has 0 radical (unpaired) electrons. The molecule has 2 rings (SSSR count). The molecule has 0 saturated heterocycles. The summed E-state index contributed by atoms with van der Waals surface area (Å²) >= 11 is 0. The summed E-state index contributed by atoms with van der Waals surface area (Å²) in [5, 5.41) is 0. The summed E-state index contributed by atoms with van der Waals surface area (Å²) in [6.07, 6.45) is 0.538. The predicted molar refractivity (Wildman–Crippen MR) is 83.8 cm³/mol. The fourth-order valence-corrected chi connectivity index (χ4v) is 2.30. The van der Waals surface area contributed by atoms with Crippen molar-refractivity contribution in [2.45, 2.75) is 33.4 Å². The van der Waals surface area contributed by atoms with Crippen molar-refractivity contribution in [1.29, 1.82) is 0 Å². The normalized spacial score (nSPS) is 13.8. The molecule has 0 fully saturated rings. The molecule has 0 bridgehead atoms. The maximum absolute atomic E-state index is 11.2. The van der Waals surface area contributed by atoms with Crippen LogP contribution in [0.4, 0.5) is 0 Å². The molecule has 22 heavy (non-hydrogen) atoms. The number of ketones is 1. The van der Waals surface area contributed by atoms with Gasteiger partial charge < -0.3 is 14.2 Å². The van der Waals surface area contributed by atoms with E-state index in [1.165, 1.54) is 5.56 Å². The van der Waals surface area contributed by atoms with Crippen LogP contribution in [0.1, 0.15) is 31.4 Å². The summed E-state index contributed by atoms with van der Waals surface area (Å²) in [7, 11) is 0. The number of Topliss-reactive ketones (excluding diaryl/α,β-unsaturated/α-hetero) is 1. The molecule has 1 heterocycles. The highest BCUT2D eigenvalue weighted by atomic mass is 16.7. The van der Waals surface area contributed by atoms with Crippen molar-refractivity contribution in [3.8, 4) is 5.75 Å². The van der Waals surface area contributed by atoms with Gasteiger partial charge in [0.15, 0.2) is 12.6 Å². The lowest BCUT2D eigenvalue weighted by Gasteiger charge is -2.22. The molecular weight excluding hydrogens is 282 g/mol. The molecule has 5 heteroatoms. The third-order valence-electron chi connectivity index (χ3n) is 3.75.